The van der Waals surface area contributed by atoms with Crippen LogP contribution in [-0.2, 0) is 5.41 Å². The van der Waals surface area contributed by atoms with Crippen LogP contribution < -0.4 is 0 Å². The van der Waals surface area contributed by atoms with E-state index in [1.165, 1.54) is 61.0 Å². The first-order valence-electron chi connectivity index (χ1n) is 18.1. The first-order valence-corrected chi connectivity index (χ1v) is 18.1. The molecule has 8 aromatic carbocycles. The molecule has 0 atom stereocenters. The Morgan fingerprint density at radius 2 is 0.660 bits per heavy atom. The monoisotopic (exact) mass is 673 g/mol. The van der Waals surface area contributed by atoms with E-state index < -0.39 is 0 Å². The predicted octanol–water partition coefficient (Wildman–Crippen LogP) is 12.0. The molecular weight excluding hydrogens is 643 g/mol. The highest BCUT2D eigenvalue weighted by Crippen LogP contribution is 2.63. The third-order valence-electron chi connectivity index (χ3n) is 11.1. The van der Waals surface area contributed by atoms with Gasteiger partial charge in [0, 0.05) is 16.7 Å². The normalized spacial score (nSPS) is 13.1. The van der Waals surface area contributed by atoms with E-state index in [0.29, 0.717) is 17.5 Å². The lowest BCUT2D eigenvalue weighted by Crippen LogP contribution is -2.25. The Labute approximate surface area is 308 Å². The molecule has 3 heteroatoms. The molecule has 1 heterocycles. The maximum absolute atomic E-state index is 5.00. The van der Waals surface area contributed by atoms with Gasteiger partial charge in [-0.3, -0.25) is 0 Å². The van der Waals surface area contributed by atoms with Crippen LogP contribution in [0.1, 0.15) is 22.3 Å². The molecule has 2 aliphatic carbocycles. The Bertz CT molecular complexity index is 2770. The molecule has 3 nitrogen and oxygen atoms in total. The van der Waals surface area contributed by atoms with Crippen molar-refractivity contribution in [3.63, 3.8) is 0 Å². The largest absolute Gasteiger partial charge is 0.208 e. The number of nitrogens with zero attached hydrogens (tertiary/aromatic N) is 3. The second-order valence-electron chi connectivity index (χ2n) is 14.0. The van der Waals surface area contributed by atoms with Gasteiger partial charge in [-0.2, -0.15) is 0 Å². The topological polar surface area (TPSA) is 38.7 Å². The van der Waals surface area contributed by atoms with Gasteiger partial charge in [0.05, 0.1) is 5.41 Å². The highest BCUT2D eigenvalue weighted by Gasteiger charge is 2.51. The van der Waals surface area contributed by atoms with E-state index in [9.17, 15) is 0 Å². The Hall–Kier alpha value is -6.97. The summed E-state index contributed by atoms with van der Waals surface area (Å²) in [5.41, 5.74) is 15.5. The zero-order valence-corrected chi connectivity index (χ0v) is 28.7. The number of aromatic nitrogens is 3. The molecule has 1 aromatic heterocycles. The van der Waals surface area contributed by atoms with Gasteiger partial charge in [0.25, 0.3) is 0 Å². The standard InChI is InChI=1S/C50H31N3/c1-3-13-33(14-4-1)47-51-48(34-15-5-2-6-16-34)53-49(52-47)37-26-24-32-23-25-35(29-38(32)30-37)36-27-28-42-41-19-9-12-22-45(41)50(46(42)31-36)43-20-10-7-17-39(43)40-18-8-11-21-44(40)50/h1-31H. The summed E-state index contributed by atoms with van der Waals surface area (Å²) in [7, 11) is 0. The van der Waals surface area contributed by atoms with Crippen LogP contribution in [0.15, 0.2) is 188 Å². The van der Waals surface area contributed by atoms with Crippen LogP contribution in [0.3, 0.4) is 0 Å². The summed E-state index contributed by atoms with van der Waals surface area (Å²) in [6, 6.07) is 67.5. The highest BCUT2D eigenvalue weighted by atomic mass is 15.0. The van der Waals surface area contributed by atoms with Crippen LogP contribution >= 0.6 is 0 Å². The Morgan fingerprint density at radius 1 is 0.264 bits per heavy atom. The molecule has 53 heavy (non-hydrogen) atoms. The van der Waals surface area contributed by atoms with E-state index in [4.69, 9.17) is 15.0 Å². The molecule has 0 unspecified atom stereocenters. The summed E-state index contributed by atoms with van der Waals surface area (Å²) in [4.78, 5) is 14.9. The third-order valence-corrected chi connectivity index (χ3v) is 11.1. The molecule has 11 rings (SSSR count). The summed E-state index contributed by atoms with van der Waals surface area (Å²) in [6.07, 6.45) is 0. The van der Waals surface area contributed by atoms with Gasteiger partial charge in [-0.15, -0.1) is 0 Å². The SMILES string of the molecule is c1ccc(-c2nc(-c3ccccc3)nc(-c3ccc4ccc(-c5ccc6c(c5)C5(c7ccccc7-c7ccccc75)c5ccccc5-6)cc4c3)n2)cc1. The first-order chi connectivity index (χ1) is 26.3. The lowest BCUT2D eigenvalue weighted by Gasteiger charge is -2.30. The molecule has 0 bridgehead atoms. The number of rotatable bonds is 4. The van der Waals surface area contributed by atoms with E-state index >= 15 is 0 Å². The zero-order chi connectivity index (χ0) is 34.9. The first kappa shape index (κ1) is 29.7. The van der Waals surface area contributed by atoms with Gasteiger partial charge in [0.15, 0.2) is 17.5 Å². The van der Waals surface area contributed by atoms with Gasteiger partial charge in [-0.05, 0) is 84.6 Å². The van der Waals surface area contributed by atoms with Crippen LogP contribution in [0.4, 0.5) is 0 Å². The fourth-order valence-electron chi connectivity index (χ4n) is 8.78. The minimum atomic E-state index is -0.370. The number of fused-ring (bicyclic) bond motifs is 11. The van der Waals surface area contributed by atoms with Gasteiger partial charge in [0.1, 0.15) is 0 Å². The molecule has 246 valence electrons. The highest BCUT2D eigenvalue weighted by molar-refractivity contribution is 5.97. The van der Waals surface area contributed by atoms with Crippen LogP contribution in [0.5, 0.6) is 0 Å². The molecule has 9 aromatic rings. The van der Waals surface area contributed by atoms with Crippen molar-refractivity contribution in [2.75, 3.05) is 0 Å². The zero-order valence-electron chi connectivity index (χ0n) is 28.7. The summed E-state index contributed by atoms with van der Waals surface area (Å²) >= 11 is 0. The van der Waals surface area contributed by atoms with E-state index in [1.54, 1.807) is 0 Å². The van der Waals surface area contributed by atoms with Gasteiger partial charge in [-0.1, -0.05) is 170 Å². The summed E-state index contributed by atoms with van der Waals surface area (Å²) in [5.74, 6) is 1.97. The summed E-state index contributed by atoms with van der Waals surface area (Å²) in [6.45, 7) is 0. The van der Waals surface area contributed by atoms with Crippen molar-refractivity contribution in [1.82, 2.24) is 15.0 Å². The van der Waals surface area contributed by atoms with Gasteiger partial charge in [-0.25, -0.2) is 15.0 Å². The van der Waals surface area contributed by atoms with Gasteiger partial charge < -0.3 is 0 Å². The second-order valence-corrected chi connectivity index (χ2v) is 14.0. The summed E-state index contributed by atoms with van der Waals surface area (Å²) < 4.78 is 0. The van der Waals surface area contributed by atoms with Crippen LogP contribution in [-0.4, -0.2) is 15.0 Å². The number of hydrogen-bond donors (Lipinski definition) is 0. The molecule has 0 amide bonds. The number of benzene rings is 8. The Kier molecular flexibility index (Phi) is 6.47. The molecule has 0 radical (unpaired) electrons. The minimum absolute atomic E-state index is 0.370. The predicted molar refractivity (Wildman–Crippen MR) is 215 cm³/mol. The van der Waals surface area contributed by atoms with Gasteiger partial charge >= 0.3 is 0 Å². The van der Waals surface area contributed by atoms with Crippen molar-refractivity contribution in [2.24, 2.45) is 0 Å². The third kappa shape index (κ3) is 4.44. The maximum Gasteiger partial charge on any atom is 0.164 e. The second kappa shape index (κ2) is 11.5. The molecule has 0 fully saturated rings. The van der Waals surface area contributed by atoms with Crippen molar-refractivity contribution in [2.45, 2.75) is 5.41 Å². The molecule has 0 N–H and O–H groups in total. The lowest BCUT2D eigenvalue weighted by atomic mass is 9.70. The average molecular weight is 674 g/mol. The molecule has 2 aliphatic rings. The number of hydrogen-bond acceptors (Lipinski definition) is 3. The smallest absolute Gasteiger partial charge is 0.164 e. The molecule has 0 aliphatic heterocycles. The maximum atomic E-state index is 5.00. The summed E-state index contributed by atoms with van der Waals surface area (Å²) in [5, 5.41) is 2.31. The van der Waals surface area contributed by atoms with E-state index in [1.807, 2.05) is 60.7 Å². The quantitative estimate of drug-likeness (QED) is 0.187. The Morgan fingerprint density at radius 3 is 1.21 bits per heavy atom. The van der Waals surface area contributed by atoms with E-state index in [2.05, 4.69) is 127 Å². The van der Waals surface area contributed by atoms with Crippen molar-refractivity contribution >= 4 is 10.8 Å². The minimum Gasteiger partial charge on any atom is -0.208 e. The average Bonchev–Trinajstić information content (AvgIpc) is 3.71. The van der Waals surface area contributed by atoms with Crippen LogP contribution in [0, 0.1) is 0 Å². The fraction of sp³-hybridized carbons (Fsp3) is 0.0200. The van der Waals surface area contributed by atoms with Crippen molar-refractivity contribution in [3.8, 4) is 67.5 Å². The fourth-order valence-corrected chi connectivity index (χ4v) is 8.78. The lowest BCUT2D eigenvalue weighted by molar-refractivity contribution is 0.794. The van der Waals surface area contributed by atoms with Crippen molar-refractivity contribution in [3.05, 3.63) is 210 Å². The van der Waals surface area contributed by atoms with E-state index in [0.717, 1.165) is 22.1 Å². The van der Waals surface area contributed by atoms with Crippen LogP contribution in [0.2, 0.25) is 0 Å². The molecular formula is C50H31N3. The van der Waals surface area contributed by atoms with Crippen molar-refractivity contribution in [1.29, 1.82) is 0 Å². The van der Waals surface area contributed by atoms with Crippen molar-refractivity contribution < 1.29 is 0 Å². The van der Waals surface area contributed by atoms with Crippen LogP contribution in [0.25, 0.3) is 78.3 Å². The Balaban J connectivity index is 1.07. The molecule has 0 saturated heterocycles. The van der Waals surface area contributed by atoms with Gasteiger partial charge in [0.2, 0.25) is 0 Å². The molecule has 0 saturated carbocycles. The molecule has 1 spiro atoms. The van der Waals surface area contributed by atoms with E-state index in [-0.39, 0.29) is 5.41 Å².